The van der Waals surface area contributed by atoms with E-state index in [1.54, 1.807) is 4.90 Å². The average molecular weight is 402 g/mol. The maximum atomic E-state index is 12.3. The molecular weight excluding hydrogens is 382 g/mol. The van der Waals surface area contributed by atoms with E-state index in [0.717, 1.165) is 27.0 Å². The van der Waals surface area contributed by atoms with Crippen molar-refractivity contribution in [3.8, 4) is 0 Å². The smallest absolute Gasteiger partial charge is 0.319 e. The van der Waals surface area contributed by atoms with Gasteiger partial charge in [0, 0.05) is 28.8 Å². The Balaban J connectivity index is 1.61. The lowest BCUT2D eigenvalue weighted by Crippen LogP contribution is -2.39. The molecule has 25 heavy (non-hydrogen) atoms. The van der Waals surface area contributed by atoms with E-state index < -0.39 is 0 Å². The second-order valence-electron chi connectivity index (χ2n) is 6.30. The molecule has 1 heterocycles. The molecule has 130 valence electrons. The summed E-state index contributed by atoms with van der Waals surface area (Å²) in [5.41, 5.74) is 3.73. The molecule has 2 aromatic rings. The number of nitrogens with one attached hydrogen (secondary N) is 2. The number of hydrogen-bond donors (Lipinski definition) is 2. The Bertz CT molecular complexity index is 805. The van der Waals surface area contributed by atoms with Gasteiger partial charge in [-0.25, -0.2) is 4.79 Å². The number of anilines is 2. The number of carbonyl (C=O) groups is 2. The van der Waals surface area contributed by atoms with Gasteiger partial charge in [-0.2, -0.15) is 0 Å². The number of amides is 3. The summed E-state index contributed by atoms with van der Waals surface area (Å²) in [5.74, 6) is 0.0222. The van der Waals surface area contributed by atoms with Crippen LogP contribution in [0.25, 0.3) is 0 Å². The topological polar surface area (TPSA) is 61.4 Å². The van der Waals surface area contributed by atoms with Crippen LogP contribution in [0, 0.1) is 13.8 Å². The normalized spacial score (nSPS) is 16.8. The first-order chi connectivity index (χ1) is 11.9. The van der Waals surface area contributed by atoms with Gasteiger partial charge >= 0.3 is 6.03 Å². The number of aryl methyl sites for hydroxylation is 2. The van der Waals surface area contributed by atoms with Gasteiger partial charge < -0.3 is 15.5 Å². The van der Waals surface area contributed by atoms with Crippen LogP contribution >= 0.6 is 15.9 Å². The molecule has 0 spiro atoms. The lowest BCUT2D eigenvalue weighted by molar-refractivity contribution is -0.117. The summed E-state index contributed by atoms with van der Waals surface area (Å²) in [5, 5.41) is 5.73. The Kier molecular flexibility index (Phi) is 5.08. The molecule has 0 radical (unpaired) electrons. The second kappa shape index (κ2) is 7.27. The molecule has 0 aliphatic carbocycles. The van der Waals surface area contributed by atoms with E-state index in [1.165, 1.54) is 0 Å². The highest BCUT2D eigenvalue weighted by atomic mass is 79.9. The van der Waals surface area contributed by atoms with E-state index in [9.17, 15) is 9.59 Å². The van der Waals surface area contributed by atoms with Crippen molar-refractivity contribution in [3.05, 3.63) is 58.1 Å². The Morgan fingerprint density at radius 3 is 2.56 bits per heavy atom. The molecule has 1 aliphatic rings. The third-order valence-electron chi connectivity index (χ3n) is 4.24. The van der Waals surface area contributed by atoms with Gasteiger partial charge in [0.15, 0.2) is 0 Å². The molecule has 3 rings (SSSR count). The molecule has 0 unspecified atom stereocenters. The molecular formula is C19H20BrN3O2. The molecule has 5 nitrogen and oxygen atoms in total. The van der Waals surface area contributed by atoms with Crippen LogP contribution in [0.4, 0.5) is 16.2 Å². The third kappa shape index (κ3) is 4.20. The Hall–Kier alpha value is -2.34. The SMILES string of the molecule is Cc1ccc(N2C[C@H](NC(=O)Nc3ccc(Br)cc3C)CC2=O)cc1. The highest BCUT2D eigenvalue weighted by Gasteiger charge is 2.31. The van der Waals surface area contributed by atoms with E-state index >= 15 is 0 Å². The van der Waals surface area contributed by atoms with Crippen molar-refractivity contribution >= 4 is 39.2 Å². The fourth-order valence-electron chi connectivity index (χ4n) is 2.89. The molecule has 1 saturated heterocycles. The number of urea groups is 1. The Morgan fingerprint density at radius 2 is 1.88 bits per heavy atom. The molecule has 6 heteroatoms. The van der Waals surface area contributed by atoms with E-state index in [0.29, 0.717) is 13.0 Å². The van der Waals surface area contributed by atoms with Crippen molar-refractivity contribution in [2.24, 2.45) is 0 Å². The zero-order chi connectivity index (χ0) is 18.0. The molecule has 3 amide bonds. The summed E-state index contributed by atoms with van der Waals surface area (Å²) in [6.07, 6.45) is 0.306. The van der Waals surface area contributed by atoms with Gasteiger partial charge in [-0.1, -0.05) is 33.6 Å². The van der Waals surface area contributed by atoms with Crippen LogP contribution in [-0.2, 0) is 4.79 Å². The van der Waals surface area contributed by atoms with Crippen molar-refractivity contribution in [3.63, 3.8) is 0 Å². The predicted octanol–water partition coefficient (Wildman–Crippen LogP) is 3.99. The van der Waals surface area contributed by atoms with Crippen LogP contribution in [0.1, 0.15) is 17.5 Å². The maximum absolute atomic E-state index is 12.3. The molecule has 2 aromatic carbocycles. The molecule has 0 bridgehead atoms. The van der Waals surface area contributed by atoms with Crippen molar-refractivity contribution in [2.45, 2.75) is 26.3 Å². The number of carbonyl (C=O) groups excluding carboxylic acids is 2. The van der Waals surface area contributed by atoms with Crippen molar-refractivity contribution in [1.82, 2.24) is 5.32 Å². The number of halogens is 1. The first kappa shape index (κ1) is 17.5. The second-order valence-corrected chi connectivity index (χ2v) is 7.21. The predicted molar refractivity (Wildman–Crippen MR) is 103 cm³/mol. The fourth-order valence-corrected chi connectivity index (χ4v) is 3.37. The van der Waals surface area contributed by atoms with Crippen LogP contribution in [-0.4, -0.2) is 24.5 Å². The van der Waals surface area contributed by atoms with Gasteiger partial charge in [-0.05, 0) is 49.7 Å². The summed E-state index contributed by atoms with van der Waals surface area (Å²) < 4.78 is 0.964. The fraction of sp³-hybridized carbons (Fsp3) is 0.263. The van der Waals surface area contributed by atoms with Crippen LogP contribution in [0.15, 0.2) is 46.9 Å². The van der Waals surface area contributed by atoms with Crippen LogP contribution < -0.4 is 15.5 Å². The third-order valence-corrected chi connectivity index (χ3v) is 4.74. The lowest BCUT2D eigenvalue weighted by Gasteiger charge is -2.18. The zero-order valence-electron chi connectivity index (χ0n) is 14.2. The molecule has 1 fully saturated rings. The summed E-state index contributed by atoms with van der Waals surface area (Å²) in [7, 11) is 0. The van der Waals surface area contributed by atoms with Gasteiger partial charge in [-0.3, -0.25) is 4.79 Å². The quantitative estimate of drug-likeness (QED) is 0.816. The molecule has 1 atom stereocenters. The van der Waals surface area contributed by atoms with Gasteiger partial charge in [0.1, 0.15) is 0 Å². The van der Waals surface area contributed by atoms with E-state index in [2.05, 4.69) is 26.6 Å². The van der Waals surface area contributed by atoms with Gasteiger partial charge in [0.05, 0.1) is 6.04 Å². The summed E-state index contributed by atoms with van der Waals surface area (Å²) in [4.78, 5) is 26.2. The van der Waals surface area contributed by atoms with Crippen molar-refractivity contribution < 1.29 is 9.59 Å². The first-order valence-corrected chi connectivity index (χ1v) is 8.92. The number of rotatable bonds is 3. The molecule has 0 aromatic heterocycles. The minimum Gasteiger partial charge on any atom is -0.333 e. The zero-order valence-corrected chi connectivity index (χ0v) is 15.8. The van der Waals surface area contributed by atoms with E-state index in [4.69, 9.17) is 0 Å². The summed E-state index contributed by atoms with van der Waals surface area (Å²) >= 11 is 3.40. The first-order valence-electron chi connectivity index (χ1n) is 8.13. The number of nitrogens with zero attached hydrogens (tertiary/aromatic N) is 1. The van der Waals surface area contributed by atoms with Crippen LogP contribution in [0.3, 0.4) is 0 Å². The molecule has 2 N–H and O–H groups in total. The minimum absolute atomic E-state index is 0.0222. The summed E-state index contributed by atoms with van der Waals surface area (Å²) in [6.45, 7) is 4.42. The van der Waals surface area contributed by atoms with E-state index in [1.807, 2.05) is 56.3 Å². The number of benzene rings is 2. The van der Waals surface area contributed by atoms with Crippen LogP contribution in [0.2, 0.25) is 0 Å². The summed E-state index contributed by atoms with van der Waals surface area (Å²) in [6, 6.07) is 13.0. The molecule has 1 aliphatic heterocycles. The highest BCUT2D eigenvalue weighted by molar-refractivity contribution is 9.10. The van der Waals surface area contributed by atoms with Crippen molar-refractivity contribution in [2.75, 3.05) is 16.8 Å². The minimum atomic E-state index is -0.297. The number of hydrogen-bond acceptors (Lipinski definition) is 2. The molecule has 0 saturated carbocycles. The maximum Gasteiger partial charge on any atom is 0.319 e. The Labute approximate surface area is 155 Å². The largest absolute Gasteiger partial charge is 0.333 e. The van der Waals surface area contributed by atoms with Crippen molar-refractivity contribution in [1.29, 1.82) is 0 Å². The monoisotopic (exact) mass is 401 g/mol. The van der Waals surface area contributed by atoms with Gasteiger partial charge in [0.25, 0.3) is 0 Å². The average Bonchev–Trinajstić information content (AvgIpc) is 2.91. The lowest BCUT2D eigenvalue weighted by atomic mass is 10.2. The standard InChI is InChI=1S/C19H20BrN3O2/c1-12-3-6-16(7-4-12)23-11-15(10-18(23)24)21-19(25)22-17-8-5-14(20)9-13(17)2/h3-9,15H,10-11H2,1-2H3,(H2,21,22,25)/t15-/m1/s1. The van der Waals surface area contributed by atoms with E-state index in [-0.39, 0.29) is 18.0 Å². The highest BCUT2D eigenvalue weighted by Crippen LogP contribution is 2.23. The Morgan fingerprint density at radius 1 is 1.16 bits per heavy atom. The van der Waals surface area contributed by atoms with Gasteiger partial charge in [-0.15, -0.1) is 0 Å². The van der Waals surface area contributed by atoms with Gasteiger partial charge in [0.2, 0.25) is 5.91 Å². The van der Waals surface area contributed by atoms with Crippen LogP contribution in [0.5, 0.6) is 0 Å².